The summed E-state index contributed by atoms with van der Waals surface area (Å²) in [7, 11) is 0. The second-order valence-electron chi connectivity index (χ2n) is 4.30. The summed E-state index contributed by atoms with van der Waals surface area (Å²) in [5.41, 5.74) is -1.51. The fraction of sp³-hybridized carbons (Fsp3) is 0.385. The Labute approximate surface area is 113 Å². The number of benzene rings is 1. The van der Waals surface area contributed by atoms with E-state index in [-0.39, 0.29) is 12.2 Å². The first-order chi connectivity index (χ1) is 8.30. The standard InChI is InChI=1S/C13H14BrFO3/c1-4-18-12(17)13(2,3)11(16)9-6-5-8(14)7-10(9)15/h5-7H,4H2,1-3H3. The Morgan fingerprint density at radius 1 is 1.39 bits per heavy atom. The Morgan fingerprint density at radius 2 is 2.00 bits per heavy atom. The summed E-state index contributed by atoms with van der Waals surface area (Å²) in [6.45, 7) is 4.68. The highest BCUT2D eigenvalue weighted by Crippen LogP contribution is 2.26. The van der Waals surface area contributed by atoms with Crippen LogP contribution in [-0.2, 0) is 9.53 Å². The molecule has 0 radical (unpaired) electrons. The highest BCUT2D eigenvalue weighted by molar-refractivity contribution is 9.10. The third kappa shape index (κ3) is 2.96. The van der Waals surface area contributed by atoms with Crippen molar-refractivity contribution in [1.82, 2.24) is 0 Å². The monoisotopic (exact) mass is 316 g/mol. The van der Waals surface area contributed by atoms with Crippen molar-refractivity contribution >= 4 is 27.7 Å². The van der Waals surface area contributed by atoms with Crippen LogP contribution in [0.5, 0.6) is 0 Å². The number of hydrogen-bond acceptors (Lipinski definition) is 3. The lowest BCUT2D eigenvalue weighted by atomic mass is 9.84. The van der Waals surface area contributed by atoms with E-state index in [0.29, 0.717) is 4.47 Å². The van der Waals surface area contributed by atoms with Crippen LogP contribution < -0.4 is 0 Å². The highest BCUT2D eigenvalue weighted by Gasteiger charge is 2.39. The van der Waals surface area contributed by atoms with Crippen molar-refractivity contribution in [3.63, 3.8) is 0 Å². The van der Waals surface area contributed by atoms with Gasteiger partial charge in [0.1, 0.15) is 11.2 Å². The third-order valence-electron chi connectivity index (χ3n) is 2.53. The van der Waals surface area contributed by atoms with Crippen molar-refractivity contribution < 1.29 is 18.7 Å². The second kappa shape index (κ2) is 5.61. The van der Waals surface area contributed by atoms with Crippen LogP contribution in [0.4, 0.5) is 4.39 Å². The Balaban J connectivity index is 3.09. The Kier molecular flexibility index (Phi) is 4.62. The molecular weight excluding hydrogens is 303 g/mol. The van der Waals surface area contributed by atoms with Gasteiger partial charge in [0.15, 0.2) is 5.78 Å². The third-order valence-corrected chi connectivity index (χ3v) is 3.02. The average Bonchev–Trinajstić information content (AvgIpc) is 2.28. The van der Waals surface area contributed by atoms with Crippen molar-refractivity contribution in [2.24, 2.45) is 5.41 Å². The van der Waals surface area contributed by atoms with Crippen molar-refractivity contribution in [2.75, 3.05) is 6.61 Å². The van der Waals surface area contributed by atoms with Gasteiger partial charge in [-0.05, 0) is 39.0 Å². The van der Waals surface area contributed by atoms with Gasteiger partial charge < -0.3 is 4.74 Å². The van der Waals surface area contributed by atoms with Crippen molar-refractivity contribution in [3.8, 4) is 0 Å². The van der Waals surface area contributed by atoms with Crippen LogP contribution in [0.3, 0.4) is 0 Å². The minimum absolute atomic E-state index is 0.115. The summed E-state index contributed by atoms with van der Waals surface area (Å²) in [6.07, 6.45) is 0. The second-order valence-corrected chi connectivity index (χ2v) is 5.21. The molecule has 0 aliphatic heterocycles. The zero-order valence-corrected chi connectivity index (χ0v) is 12.0. The van der Waals surface area contributed by atoms with Gasteiger partial charge in [-0.2, -0.15) is 0 Å². The summed E-state index contributed by atoms with van der Waals surface area (Å²) in [4.78, 5) is 23.8. The summed E-state index contributed by atoms with van der Waals surface area (Å²) in [5, 5.41) is 0. The normalized spacial score (nSPS) is 11.2. The van der Waals surface area contributed by atoms with E-state index in [1.807, 2.05) is 0 Å². The van der Waals surface area contributed by atoms with Gasteiger partial charge in [0.05, 0.1) is 12.2 Å². The first-order valence-electron chi connectivity index (χ1n) is 5.47. The smallest absolute Gasteiger partial charge is 0.319 e. The summed E-state index contributed by atoms with van der Waals surface area (Å²) in [5.74, 6) is -1.91. The lowest BCUT2D eigenvalue weighted by Gasteiger charge is -2.21. The predicted octanol–water partition coefficient (Wildman–Crippen LogP) is 3.36. The molecule has 0 heterocycles. The van der Waals surface area contributed by atoms with Gasteiger partial charge >= 0.3 is 5.97 Å². The van der Waals surface area contributed by atoms with E-state index in [1.54, 1.807) is 13.0 Å². The maximum absolute atomic E-state index is 13.7. The molecule has 0 unspecified atom stereocenters. The maximum atomic E-state index is 13.7. The van der Waals surface area contributed by atoms with E-state index in [0.717, 1.165) is 0 Å². The number of Topliss-reactive ketones (excluding diaryl/α,β-unsaturated/α-hetero) is 1. The molecule has 1 aromatic rings. The predicted molar refractivity (Wildman–Crippen MR) is 68.8 cm³/mol. The van der Waals surface area contributed by atoms with Gasteiger partial charge in [0.2, 0.25) is 0 Å². The highest BCUT2D eigenvalue weighted by atomic mass is 79.9. The number of ether oxygens (including phenoxy) is 1. The van der Waals surface area contributed by atoms with Gasteiger partial charge in [-0.3, -0.25) is 9.59 Å². The van der Waals surface area contributed by atoms with Gasteiger partial charge in [-0.25, -0.2) is 4.39 Å². The Bertz CT molecular complexity index is 483. The van der Waals surface area contributed by atoms with Crippen molar-refractivity contribution in [3.05, 3.63) is 34.1 Å². The first-order valence-corrected chi connectivity index (χ1v) is 6.27. The Morgan fingerprint density at radius 3 is 2.50 bits per heavy atom. The largest absolute Gasteiger partial charge is 0.465 e. The first kappa shape index (κ1) is 14.8. The minimum Gasteiger partial charge on any atom is -0.465 e. The van der Waals surface area contributed by atoms with Crippen LogP contribution in [0, 0.1) is 11.2 Å². The van der Waals surface area contributed by atoms with E-state index in [2.05, 4.69) is 15.9 Å². The molecule has 0 fully saturated rings. The Hall–Kier alpha value is -1.23. The van der Waals surface area contributed by atoms with Crippen LogP contribution in [-0.4, -0.2) is 18.4 Å². The molecule has 0 bridgehead atoms. The average molecular weight is 317 g/mol. The molecule has 0 aliphatic carbocycles. The van der Waals surface area contributed by atoms with Crippen LogP contribution in [0.25, 0.3) is 0 Å². The van der Waals surface area contributed by atoms with Gasteiger partial charge in [-0.15, -0.1) is 0 Å². The van der Waals surface area contributed by atoms with Gasteiger partial charge in [-0.1, -0.05) is 15.9 Å². The minimum atomic E-state index is -1.40. The number of hydrogen-bond donors (Lipinski definition) is 0. The molecule has 0 N–H and O–H groups in total. The quantitative estimate of drug-likeness (QED) is 0.486. The molecule has 3 nitrogen and oxygen atoms in total. The molecule has 0 aliphatic rings. The van der Waals surface area contributed by atoms with E-state index in [4.69, 9.17) is 4.74 Å². The SMILES string of the molecule is CCOC(=O)C(C)(C)C(=O)c1ccc(Br)cc1F. The number of esters is 1. The van der Waals surface area contributed by atoms with Crippen LogP contribution in [0.2, 0.25) is 0 Å². The molecular formula is C13H14BrFO3. The van der Waals surface area contributed by atoms with Crippen LogP contribution >= 0.6 is 15.9 Å². The van der Waals surface area contributed by atoms with Crippen LogP contribution in [0.15, 0.2) is 22.7 Å². The van der Waals surface area contributed by atoms with Crippen LogP contribution in [0.1, 0.15) is 31.1 Å². The molecule has 0 saturated heterocycles. The fourth-order valence-corrected chi connectivity index (χ4v) is 1.75. The number of carbonyl (C=O) groups is 2. The topological polar surface area (TPSA) is 43.4 Å². The zero-order valence-electron chi connectivity index (χ0n) is 10.4. The van der Waals surface area contributed by atoms with E-state index in [9.17, 15) is 14.0 Å². The lowest BCUT2D eigenvalue weighted by molar-refractivity contribution is -0.150. The fourth-order valence-electron chi connectivity index (χ4n) is 1.41. The maximum Gasteiger partial charge on any atom is 0.319 e. The molecule has 0 spiro atoms. The van der Waals surface area contributed by atoms with Crippen molar-refractivity contribution in [1.29, 1.82) is 0 Å². The molecule has 5 heteroatoms. The van der Waals surface area contributed by atoms with Crippen molar-refractivity contribution in [2.45, 2.75) is 20.8 Å². The molecule has 1 aromatic carbocycles. The van der Waals surface area contributed by atoms with E-state index < -0.39 is 23.0 Å². The number of ketones is 1. The molecule has 98 valence electrons. The molecule has 18 heavy (non-hydrogen) atoms. The van der Waals surface area contributed by atoms with E-state index in [1.165, 1.54) is 26.0 Å². The number of carbonyl (C=O) groups excluding carboxylic acids is 2. The summed E-state index contributed by atoms with van der Waals surface area (Å²) < 4.78 is 19.0. The summed E-state index contributed by atoms with van der Waals surface area (Å²) >= 11 is 3.11. The van der Waals surface area contributed by atoms with E-state index >= 15 is 0 Å². The summed E-state index contributed by atoms with van der Waals surface area (Å²) in [6, 6.07) is 4.09. The van der Waals surface area contributed by atoms with Gasteiger partial charge in [0.25, 0.3) is 0 Å². The zero-order chi connectivity index (χ0) is 13.9. The number of rotatable bonds is 4. The molecule has 0 aromatic heterocycles. The van der Waals surface area contributed by atoms with Gasteiger partial charge in [0, 0.05) is 4.47 Å². The molecule has 0 amide bonds. The molecule has 1 rings (SSSR count). The molecule has 0 saturated carbocycles. The molecule has 0 atom stereocenters. The number of halogens is 2. The lowest BCUT2D eigenvalue weighted by Crippen LogP contribution is -2.35.